The number of methoxy groups -OCH3 is 2. The van der Waals surface area contributed by atoms with Crippen LogP contribution in [0.3, 0.4) is 0 Å². The standard InChI is InChI=1S/C11H15NO3/c1-14-9-6-10(15-2)12-11-7(9)4-3-5-8(11)13/h6,8,13H,3-5H2,1-2H3. The first-order chi connectivity index (χ1) is 7.26. The Morgan fingerprint density at radius 1 is 1.40 bits per heavy atom. The van der Waals surface area contributed by atoms with E-state index >= 15 is 0 Å². The first-order valence-corrected chi connectivity index (χ1v) is 5.06. The van der Waals surface area contributed by atoms with Crippen LogP contribution in [-0.2, 0) is 6.42 Å². The summed E-state index contributed by atoms with van der Waals surface area (Å²) in [5, 5.41) is 9.83. The third-order valence-corrected chi connectivity index (χ3v) is 2.74. The quantitative estimate of drug-likeness (QED) is 0.801. The molecule has 4 heteroatoms. The number of aliphatic hydroxyl groups is 1. The van der Waals surface area contributed by atoms with E-state index in [0.717, 1.165) is 30.6 Å². The van der Waals surface area contributed by atoms with Crippen molar-refractivity contribution < 1.29 is 14.6 Å². The van der Waals surface area contributed by atoms with Gasteiger partial charge in [0, 0.05) is 11.6 Å². The van der Waals surface area contributed by atoms with Crippen molar-refractivity contribution in [3.05, 3.63) is 17.3 Å². The molecule has 0 bridgehead atoms. The molecule has 1 N–H and O–H groups in total. The van der Waals surface area contributed by atoms with Gasteiger partial charge < -0.3 is 14.6 Å². The minimum atomic E-state index is -0.488. The molecular formula is C11H15NO3. The maximum Gasteiger partial charge on any atom is 0.217 e. The lowest BCUT2D eigenvalue weighted by atomic mass is 9.93. The van der Waals surface area contributed by atoms with Gasteiger partial charge >= 0.3 is 0 Å². The summed E-state index contributed by atoms with van der Waals surface area (Å²) in [6.07, 6.45) is 2.15. The molecule has 0 radical (unpaired) electrons. The number of pyridine rings is 1. The zero-order valence-electron chi connectivity index (χ0n) is 8.99. The maximum atomic E-state index is 9.83. The second kappa shape index (κ2) is 4.06. The van der Waals surface area contributed by atoms with Crippen LogP contribution in [-0.4, -0.2) is 24.3 Å². The van der Waals surface area contributed by atoms with Gasteiger partial charge in [0.2, 0.25) is 5.88 Å². The van der Waals surface area contributed by atoms with Gasteiger partial charge in [-0.25, -0.2) is 4.98 Å². The van der Waals surface area contributed by atoms with Crippen LogP contribution in [0.4, 0.5) is 0 Å². The molecule has 0 fully saturated rings. The zero-order valence-corrected chi connectivity index (χ0v) is 8.99. The zero-order chi connectivity index (χ0) is 10.8. The highest BCUT2D eigenvalue weighted by Gasteiger charge is 2.23. The molecule has 15 heavy (non-hydrogen) atoms. The van der Waals surface area contributed by atoms with Crippen LogP contribution in [0, 0.1) is 0 Å². The first kappa shape index (κ1) is 10.2. The molecule has 1 aliphatic carbocycles. The third kappa shape index (κ3) is 1.77. The molecular weight excluding hydrogens is 194 g/mol. The predicted molar refractivity (Wildman–Crippen MR) is 55.2 cm³/mol. The number of fused-ring (bicyclic) bond motifs is 1. The van der Waals surface area contributed by atoms with Crippen molar-refractivity contribution >= 4 is 0 Å². The molecule has 0 saturated heterocycles. The molecule has 2 rings (SSSR count). The number of aromatic nitrogens is 1. The summed E-state index contributed by atoms with van der Waals surface area (Å²) in [6, 6.07) is 1.76. The Morgan fingerprint density at radius 2 is 2.20 bits per heavy atom. The monoisotopic (exact) mass is 209 g/mol. The summed E-state index contributed by atoms with van der Waals surface area (Å²) >= 11 is 0. The summed E-state index contributed by atoms with van der Waals surface area (Å²) in [5.74, 6) is 1.25. The van der Waals surface area contributed by atoms with Crippen molar-refractivity contribution in [2.24, 2.45) is 0 Å². The molecule has 1 heterocycles. The average Bonchev–Trinajstić information content (AvgIpc) is 2.28. The van der Waals surface area contributed by atoms with Gasteiger partial charge in [0.25, 0.3) is 0 Å². The fraction of sp³-hybridized carbons (Fsp3) is 0.545. The van der Waals surface area contributed by atoms with E-state index in [0.29, 0.717) is 11.6 Å². The van der Waals surface area contributed by atoms with Crippen molar-refractivity contribution in [2.75, 3.05) is 14.2 Å². The van der Waals surface area contributed by atoms with Gasteiger partial charge in [-0.2, -0.15) is 0 Å². The van der Waals surface area contributed by atoms with Gasteiger partial charge in [-0.05, 0) is 19.3 Å². The van der Waals surface area contributed by atoms with Crippen molar-refractivity contribution in [3.8, 4) is 11.6 Å². The molecule has 1 unspecified atom stereocenters. The lowest BCUT2D eigenvalue weighted by molar-refractivity contribution is 0.149. The van der Waals surface area contributed by atoms with Crippen molar-refractivity contribution in [1.82, 2.24) is 4.98 Å². The van der Waals surface area contributed by atoms with E-state index < -0.39 is 6.10 Å². The van der Waals surface area contributed by atoms with Crippen LogP contribution in [0.5, 0.6) is 11.6 Å². The highest BCUT2D eigenvalue weighted by Crippen LogP contribution is 2.35. The van der Waals surface area contributed by atoms with Crippen LogP contribution >= 0.6 is 0 Å². The SMILES string of the molecule is COc1cc(OC)c2c(n1)C(O)CCC2. The van der Waals surface area contributed by atoms with E-state index in [2.05, 4.69) is 4.98 Å². The van der Waals surface area contributed by atoms with Gasteiger partial charge in [0.05, 0.1) is 26.0 Å². The lowest BCUT2D eigenvalue weighted by Gasteiger charge is -2.22. The van der Waals surface area contributed by atoms with Crippen molar-refractivity contribution in [1.29, 1.82) is 0 Å². The summed E-state index contributed by atoms with van der Waals surface area (Å²) < 4.78 is 10.3. The molecule has 4 nitrogen and oxygen atoms in total. The normalized spacial score (nSPS) is 19.5. The molecule has 0 spiro atoms. The van der Waals surface area contributed by atoms with Crippen molar-refractivity contribution in [3.63, 3.8) is 0 Å². The fourth-order valence-electron chi connectivity index (χ4n) is 1.97. The summed E-state index contributed by atoms with van der Waals surface area (Å²) in [7, 11) is 3.18. The average molecular weight is 209 g/mol. The van der Waals surface area contributed by atoms with Crippen LogP contribution in [0.2, 0.25) is 0 Å². The Balaban J connectivity index is 2.52. The van der Waals surface area contributed by atoms with Crippen LogP contribution in [0.25, 0.3) is 0 Å². The van der Waals surface area contributed by atoms with E-state index in [1.165, 1.54) is 0 Å². The molecule has 1 aromatic rings. The highest BCUT2D eigenvalue weighted by atomic mass is 16.5. The molecule has 0 aromatic carbocycles. The van der Waals surface area contributed by atoms with E-state index in [4.69, 9.17) is 9.47 Å². The van der Waals surface area contributed by atoms with Gasteiger partial charge in [-0.1, -0.05) is 0 Å². The Morgan fingerprint density at radius 3 is 2.87 bits per heavy atom. The number of nitrogens with zero attached hydrogens (tertiary/aromatic N) is 1. The maximum absolute atomic E-state index is 9.83. The summed E-state index contributed by atoms with van der Waals surface area (Å²) in [4.78, 5) is 4.27. The minimum absolute atomic E-state index is 0.488. The lowest BCUT2D eigenvalue weighted by Crippen LogP contribution is -2.13. The van der Waals surface area contributed by atoms with E-state index in [1.54, 1.807) is 20.3 Å². The highest BCUT2D eigenvalue weighted by molar-refractivity contribution is 5.42. The largest absolute Gasteiger partial charge is 0.496 e. The molecule has 1 aliphatic rings. The minimum Gasteiger partial charge on any atom is -0.496 e. The van der Waals surface area contributed by atoms with Crippen molar-refractivity contribution in [2.45, 2.75) is 25.4 Å². The van der Waals surface area contributed by atoms with E-state index in [-0.39, 0.29) is 0 Å². The molecule has 0 aliphatic heterocycles. The molecule has 1 atom stereocenters. The summed E-state index contributed by atoms with van der Waals surface area (Å²) in [5.41, 5.74) is 1.72. The number of aliphatic hydroxyl groups excluding tert-OH is 1. The van der Waals surface area contributed by atoms with E-state index in [1.807, 2.05) is 0 Å². The first-order valence-electron chi connectivity index (χ1n) is 5.06. The van der Waals surface area contributed by atoms with Gasteiger partial charge in [-0.3, -0.25) is 0 Å². The molecule has 82 valence electrons. The van der Waals surface area contributed by atoms with Gasteiger partial charge in [0.15, 0.2) is 0 Å². The Labute approximate surface area is 88.9 Å². The van der Waals surface area contributed by atoms with E-state index in [9.17, 15) is 5.11 Å². The number of hydrogen-bond acceptors (Lipinski definition) is 4. The number of ether oxygens (including phenoxy) is 2. The Hall–Kier alpha value is -1.29. The second-order valence-electron chi connectivity index (χ2n) is 3.64. The predicted octanol–water partition coefficient (Wildman–Crippen LogP) is 1.47. The summed E-state index contributed by atoms with van der Waals surface area (Å²) in [6.45, 7) is 0. The Kier molecular flexibility index (Phi) is 2.77. The van der Waals surface area contributed by atoms with Gasteiger partial charge in [-0.15, -0.1) is 0 Å². The number of rotatable bonds is 2. The molecule has 0 amide bonds. The van der Waals surface area contributed by atoms with Crippen LogP contribution in [0.15, 0.2) is 6.07 Å². The Bertz CT molecular complexity index is 365. The third-order valence-electron chi connectivity index (χ3n) is 2.74. The fourth-order valence-corrected chi connectivity index (χ4v) is 1.97. The number of hydrogen-bond donors (Lipinski definition) is 1. The molecule has 1 aromatic heterocycles. The van der Waals surface area contributed by atoms with Gasteiger partial charge in [0.1, 0.15) is 5.75 Å². The van der Waals surface area contributed by atoms with Crippen LogP contribution < -0.4 is 9.47 Å². The second-order valence-corrected chi connectivity index (χ2v) is 3.64. The molecule has 0 saturated carbocycles. The smallest absolute Gasteiger partial charge is 0.217 e. The van der Waals surface area contributed by atoms with Crippen LogP contribution in [0.1, 0.15) is 30.2 Å². The topological polar surface area (TPSA) is 51.6 Å².